The second-order valence-electron chi connectivity index (χ2n) is 6.52. The van der Waals surface area contributed by atoms with Gasteiger partial charge < -0.3 is 14.8 Å². The maximum atomic E-state index is 12.3. The van der Waals surface area contributed by atoms with Crippen molar-refractivity contribution in [2.45, 2.75) is 20.5 Å². The van der Waals surface area contributed by atoms with Gasteiger partial charge >= 0.3 is 0 Å². The highest BCUT2D eigenvalue weighted by Crippen LogP contribution is 2.19. The Morgan fingerprint density at radius 2 is 1.53 bits per heavy atom. The van der Waals surface area contributed by atoms with Gasteiger partial charge in [-0.15, -0.1) is 11.3 Å². The van der Waals surface area contributed by atoms with Crippen LogP contribution in [-0.4, -0.2) is 29.3 Å². The Bertz CT molecular complexity index is 1080. The molecule has 0 atom stereocenters. The molecule has 0 aliphatic carbocycles. The Hall–Kier alpha value is -3.92. The number of rotatable bonds is 8. The summed E-state index contributed by atoms with van der Waals surface area (Å²) in [5.74, 6) is 0.140. The average Bonchev–Trinajstić information content (AvgIpc) is 3.25. The predicted octanol–water partition coefficient (Wildman–Crippen LogP) is 3.15. The number of anilines is 1. The van der Waals surface area contributed by atoms with Crippen LogP contribution in [0, 0.1) is 0 Å². The van der Waals surface area contributed by atoms with E-state index in [-0.39, 0.29) is 11.6 Å². The van der Waals surface area contributed by atoms with Crippen molar-refractivity contribution in [2.24, 2.45) is 0 Å². The number of hydrogen-bond acceptors (Lipinski definition) is 7. The number of amides is 3. The first-order valence-corrected chi connectivity index (χ1v) is 10.6. The van der Waals surface area contributed by atoms with Crippen LogP contribution in [0.1, 0.15) is 40.3 Å². The van der Waals surface area contributed by atoms with Gasteiger partial charge in [-0.05, 0) is 48.9 Å². The van der Waals surface area contributed by atoms with Crippen molar-refractivity contribution >= 4 is 34.2 Å². The summed E-state index contributed by atoms with van der Waals surface area (Å²) in [4.78, 5) is 39.4. The summed E-state index contributed by atoms with van der Waals surface area (Å²) in [5.41, 5.74) is 5.97. The number of carbonyl (C=O) groups is 3. The summed E-state index contributed by atoms with van der Waals surface area (Å²) < 4.78 is 11.1. The van der Waals surface area contributed by atoms with Gasteiger partial charge in [-0.1, -0.05) is 12.1 Å². The molecule has 0 saturated heterocycles. The van der Waals surface area contributed by atoms with Gasteiger partial charge in [0.1, 0.15) is 23.8 Å². The molecular formula is C22H22N4O5S. The van der Waals surface area contributed by atoms with Crippen LogP contribution in [-0.2, 0) is 11.4 Å². The van der Waals surface area contributed by atoms with Crippen molar-refractivity contribution in [3.8, 4) is 11.5 Å². The lowest BCUT2D eigenvalue weighted by molar-refractivity contribution is -0.114. The molecule has 0 unspecified atom stereocenters. The van der Waals surface area contributed by atoms with Gasteiger partial charge in [-0.2, -0.15) is 0 Å². The first kappa shape index (κ1) is 22.8. The van der Waals surface area contributed by atoms with E-state index in [4.69, 9.17) is 9.47 Å². The van der Waals surface area contributed by atoms with Crippen LogP contribution in [0.2, 0.25) is 0 Å². The molecule has 32 heavy (non-hydrogen) atoms. The molecule has 0 fully saturated rings. The number of hydrogen-bond donors (Lipinski definition) is 3. The molecule has 3 N–H and O–H groups in total. The van der Waals surface area contributed by atoms with Crippen LogP contribution < -0.4 is 25.6 Å². The molecule has 0 spiro atoms. The number of nitrogens with zero attached hydrogens (tertiary/aromatic N) is 1. The molecule has 9 nitrogen and oxygen atoms in total. The lowest BCUT2D eigenvalue weighted by Crippen LogP contribution is -2.41. The third-order valence-corrected chi connectivity index (χ3v) is 4.82. The van der Waals surface area contributed by atoms with E-state index in [9.17, 15) is 14.4 Å². The fraction of sp³-hybridized carbons (Fsp3) is 0.182. The molecule has 10 heteroatoms. The highest BCUT2D eigenvalue weighted by atomic mass is 32.1. The minimum Gasteiger partial charge on any atom is -0.494 e. The van der Waals surface area contributed by atoms with E-state index < -0.39 is 11.8 Å². The van der Waals surface area contributed by atoms with Crippen LogP contribution in [0.15, 0.2) is 53.9 Å². The molecule has 166 valence electrons. The van der Waals surface area contributed by atoms with Crippen molar-refractivity contribution in [3.05, 3.63) is 70.7 Å². The number of benzene rings is 2. The summed E-state index contributed by atoms with van der Waals surface area (Å²) in [6.45, 7) is 4.22. The maximum absolute atomic E-state index is 12.3. The normalized spacial score (nSPS) is 10.2. The molecule has 3 aromatic rings. The van der Waals surface area contributed by atoms with Gasteiger partial charge in [0.2, 0.25) is 5.91 Å². The van der Waals surface area contributed by atoms with E-state index in [0.717, 1.165) is 22.6 Å². The SMILES string of the molecule is CCOc1ccc(OCc2ccc(C(=O)NNC(=O)c3csc(NC(C)=O)n3)cc2)cc1. The van der Waals surface area contributed by atoms with Gasteiger partial charge in [0, 0.05) is 17.9 Å². The van der Waals surface area contributed by atoms with E-state index >= 15 is 0 Å². The van der Waals surface area contributed by atoms with Gasteiger partial charge in [0.05, 0.1) is 6.61 Å². The topological polar surface area (TPSA) is 119 Å². The van der Waals surface area contributed by atoms with Crippen molar-refractivity contribution in [1.82, 2.24) is 15.8 Å². The lowest BCUT2D eigenvalue weighted by Gasteiger charge is -2.09. The predicted molar refractivity (Wildman–Crippen MR) is 120 cm³/mol. The number of ether oxygens (including phenoxy) is 2. The van der Waals surface area contributed by atoms with Crippen LogP contribution in [0.3, 0.4) is 0 Å². The summed E-state index contributed by atoms with van der Waals surface area (Å²) in [6, 6.07) is 14.1. The van der Waals surface area contributed by atoms with Crippen LogP contribution >= 0.6 is 11.3 Å². The molecule has 3 rings (SSSR count). The van der Waals surface area contributed by atoms with E-state index in [0.29, 0.717) is 29.7 Å². The van der Waals surface area contributed by atoms with Crippen molar-refractivity contribution in [1.29, 1.82) is 0 Å². The van der Waals surface area contributed by atoms with E-state index in [1.54, 1.807) is 24.3 Å². The lowest BCUT2D eigenvalue weighted by atomic mass is 10.1. The van der Waals surface area contributed by atoms with Gasteiger partial charge in [-0.3, -0.25) is 25.2 Å². The molecule has 0 saturated carbocycles. The van der Waals surface area contributed by atoms with Crippen molar-refractivity contribution < 1.29 is 23.9 Å². The second-order valence-corrected chi connectivity index (χ2v) is 7.38. The zero-order valence-electron chi connectivity index (χ0n) is 17.5. The molecule has 0 aliphatic rings. The molecule has 1 heterocycles. The highest BCUT2D eigenvalue weighted by Gasteiger charge is 2.13. The maximum Gasteiger partial charge on any atom is 0.289 e. The molecule has 3 amide bonds. The van der Waals surface area contributed by atoms with Crippen LogP contribution in [0.4, 0.5) is 5.13 Å². The first-order chi connectivity index (χ1) is 15.4. The Labute approximate surface area is 188 Å². The van der Waals surface area contributed by atoms with Crippen molar-refractivity contribution in [2.75, 3.05) is 11.9 Å². The molecule has 2 aromatic carbocycles. The zero-order chi connectivity index (χ0) is 22.9. The van der Waals surface area contributed by atoms with Gasteiger partial charge in [-0.25, -0.2) is 4.98 Å². The number of thiazole rings is 1. The number of carbonyl (C=O) groups excluding carboxylic acids is 3. The fourth-order valence-corrected chi connectivity index (χ4v) is 3.29. The standard InChI is InChI=1S/C22H22N4O5S/c1-3-30-17-8-10-18(11-9-17)31-12-15-4-6-16(7-5-15)20(28)25-26-21(29)19-13-32-22(24-19)23-14(2)27/h4-11,13H,3,12H2,1-2H3,(H,25,28)(H,26,29)(H,23,24,27). The minimum atomic E-state index is -0.591. The molecule has 0 radical (unpaired) electrons. The zero-order valence-corrected chi connectivity index (χ0v) is 18.3. The summed E-state index contributed by atoms with van der Waals surface area (Å²) in [5, 5.41) is 4.27. The highest BCUT2D eigenvalue weighted by molar-refractivity contribution is 7.14. The summed E-state index contributed by atoms with van der Waals surface area (Å²) >= 11 is 1.11. The van der Waals surface area contributed by atoms with Crippen LogP contribution in [0.25, 0.3) is 0 Å². The fourth-order valence-electron chi connectivity index (χ4n) is 2.55. The quantitative estimate of drug-likeness (QED) is 0.450. The number of nitrogens with one attached hydrogen (secondary N) is 3. The largest absolute Gasteiger partial charge is 0.494 e. The Morgan fingerprint density at radius 1 is 0.906 bits per heavy atom. The summed E-state index contributed by atoms with van der Waals surface area (Å²) in [6.07, 6.45) is 0. The summed E-state index contributed by atoms with van der Waals surface area (Å²) in [7, 11) is 0. The van der Waals surface area contributed by atoms with E-state index in [1.807, 2.05) is 31.2 Å². The Balaban J connectivity index is 1.47. The third kappa shape index (κ3) is 6.54. The molecular weight excluding hydrogens is 432 g/mol. The first-order valence-electron chi connectivity index (χ1n) is 9.73. The number of aromatic nitrogens is 1. The molecule has 0 bridgehead atoms. The molecule has 1 aromatic heterocycles. The number of hydrazine groups is 1. The van der Waals surface area contributed by atoms with Crippen LogP contribution in [0.5, 0.6) is 11.5 Å². The third-order valence-electron chi connectivity index (χ3n) is 4.07. The van der Waals surface area contributed by atoms with E-state index in [1.165, 1.54) is 12.3 Å². The smallest absolute Gasteiger partial charge is 0.289 e. The Morgan fingerprint density at radius 3 is 2.16 bits per heavy atom. The second kappa shape index (κ2) is 10.9. The molecule has 0 aliphatic heterocycles. The minimum absolute atomic E-state index is 0.0841. The van der Waals surface area contributed by atoms with Gasteiger partial charge in [0.25, 0.3) is 11.8 Å². The van der Waals surface area contributed by atoms with Crippen molar-refractivity contribution in [3.63, 3.8) is 0 Å². The van der Waals surface area contributed by atoms with Gasteiger partial charge in [0.15, 0.2) is 5.13 Å². The average molecular weight is 455 g/mol. The Kier molecular flexibility index (Phi) is 7.76. The monoisotopic (exact) mass is 454 g/mol. The van der Waals surface area contributed by atoms with E-state index in [2.05, 4.69) is 21.2 Å².